The van der Waals surface area contributed by atoms with E-state index in [2.05, 4.69) is 13.8 Å². The lowest BCUT2D eigenvalue weighted by Crippen LogP contribution is -2.30. The van der Waals surface area contributed by atoms with Gasteiger partial charge in [-0.2, -0.15) is 0 Å². The molecule has 0 radical (unpaired) electrons. The molecule has 90 valence electrons. The van der Waals surface area contributed by atoms with Crippen molar-refractivity contribution in [1.82, 2.24) is 0 Å². The van der Waals surface area contributed by atoms with Crippen molar-refractivity contribution in [2.45, 2.75) is 31.2 Å². The Morgan fingerprint density at radius 2 is 2.00 bits per heavy atom. The molecule has 2 atom stereocenters. The lowest BCUT2D eigenvalue weighted by atomic mass is 10.0. The summed E-state index contributed by atoms with van der Waals surface area (Å²) in [5.74, 6) is 1.46. The second-order valence-corrected chi connectivity index (χ2v) is 5.84. The number of thioether (sulfide) groups is 1. The van der Waals surface area contributed by atoms with E-state index >= 15 is 0 Å². The van der Waals surface area contributed by atoms with Gasteiger partial charge in [0.2, 0.25) is 0 Å². The number of hydrogen-bond donors (Lipinski definition) is 1. The zero-order valence-corrected chi connectivity index (χ0v) is 11.9. The van der Waals surface area contributed by atoms with E-state index in [0.717, 1.165) is 17.1 Å². The molecule has 0 amide bonds. The number of benzene rings is 1. The van der Waals surface area contributed by atoms with Crippen molar-refractivity contribution < 1.29 is 0 Å². The minimum atomic E-state index is 0.226. The maximum Gasteiger partial charge on any atom is 0.0603 e. The van der Waals surface area contributed by atoms with Crippen LogP contribution in [0.25, 0.3) is 0 Å². The molecule has 0 saturated carbocycles. The van der Waals surface area contributed by atoms with Crippen LogP contribution in [0.2, 0.25) is 10.0 Å². The Balaban J connectivity index is 2.51. The highest BCUT2D eigenvalue weighted by Gasteiger charge is 2.11. The first-order valence-corrected chi connectivity index (χ1v) is 7.12. The Hall–Kier alpha value is 0.110. The largest absolute Gasteiger partial charge is 0.327 e. The first-order chi connectivity index (χ1) is 7.54. The molecule has 0 aliphatic carbocycles. The Bertz CT molecular complexity index is 344. The third-order valence-electron chi connectivity index (χ3n) is 2.71. The van der Waals surface area contributed by atoms with Gasteiger partial charge in [0.1, 0.15) is 0 Å². The molecule has 16 heavy (non-hydrogen) atoms. The fourth-order valence-corrected chi connectivity index (χ4v) is 2.67. The van der Waals surface area contributed by atoms with Crippen molar-refractivity contribution in [3.05, 3.63) is 28.2 Å². The topological polar surface area (TPSA) is 26.0 Å². The van der Waals surface area contributed by atoms with Crippen LogP contribution in [0.15, 0.2) is 23.1 Å². The molecule has 1 aromatic rings. The molecule has 1 nitrogen and oxygen atoms in total. The molecule has 0 spiro atoms. The van der Waals surface area contributed by atoms with E-state index in [1.807, 2.05) is 18.2 Å². The van der Waals surface area contributed by atoms with Crippen molar-refractivity contribution in [1.29, 1.82) is 0 Å². The third-order valence-corrected chi connectivity index (χ3v) is 4.59. The van der Waals surface area contributed by atoms with Crippen LogP contribution in [0.3, 0.4) is 0 Å². The highest BCUT2D eigenvalue weighted by Crippen LogP contribution is 2.28. The molecule has 1 aromatic carbocycles. The van der Waals surface area contributed by atoms with Crippen molar-refractivity contribution in [2.75, 3.05) is 5.75 Å². The maximum atomic E-state index is 6.06. The molecule has 0 heterocycles. The fourth-order valence-electron chi connectivity index (χ4n) is 1.23. The van der Waals surface area contributed by atoms with Gasteiger partial charge in [-0.25, -0.2) is 0 Å². The van der Waals surface area contributed by atoms with Gasteiger partial charge in [-0.05, 0) is 24.1 Å². The predicted molar refractivity (Wildman–Crippen MR) is 74.6 cm³/mol. The van der Waals surface area contributed by atoms with Crippen molar-refractivity contribution in [3.8, 4) is 0 Å². The highest BCUT2D eigenvalue weighted by molar-refractivity contribution is 7.99. The second-order valence-electron chi connectivity index (χ2n) is 3.94. The van der Waals surface area contributed by atoms with E-state index in [1.54, 1.807) is 11.8 Å². The minimum absolute atomic E-state index is 0.226. The maximum absolute atomic E-state index is 6.06. The Morgan fingerprint density at radius 1 is 1.31 bits per heavy atom. The highest BCUT2D eigenvalue weighted by atomic mass is 35.5. The van der Waals surface area contributed by atoms with Crippen LogP contribution >= 0.6 is 35.0 Å². The van der Waals surface area contributed by atoms with Gasteiger partial charge in [0.15, 0.2) is 0 Å². The standard InChI is InChI=1S/C12H17Cl2NS/c1-3-8(2)12(15)7-16-9-4-5-10(13)11(14)6-9/h4-6,8,12H,3,7,15H2,1-2H3. The first-order valence-electron chi connectivity index (χ1n) is 5.38. The quantitative estimate of drug-likeness (QED) is 0.805. The molecular formula is C12H17Cl2NS. The third kappa shape index (κ3) is 4.17. The van der Waals surface area contributed by atoms with Gasteiger partial charge in [0.25, 0.3) is 0 Å². The second kappa shape index (κ2) is 6.75. The van der Waals surface area contributed by atoms with E-state index in [0.29, 0.717) is 16.0 Å². The van der Waals surface area contributed by atoms with E-state index in [-0.39, 0.29) is 6.04 Å². The molecule has 0 saturated heterocycles. The molecule has 0 aliphatic rings. The monoisotopic (exact) mass is 277 g/mol. The number of rotatable bonds is 5. The van der Waals surface area contributed by atoms with Crippen LogP contribution in [0.4, 0.5) is 0 Å². The average Bonchev–Trinajstić information content (AvgIpc) is 2.29. The van der Waals surface area contributed by atoms with E-state index in [1.165, 1.54) is 0 Å². The number of hydrogen-bond acceptors (Lipinski definition) is 2. The van der Waals surface area contributed by atoms with Gasteiger partial charge in [-0.1, -0.05) is 43.5 Å². The van der Waals surface area contributed by atoms with E-state index in [9.17, 15) is 0 Å². The van der Waals surface area contributed by atoms with Gasteiger partial charge in [-0.15, -0.1) is 11.8 Å². The minimum Gasteiger partial charge on any atom is -0.327 e. The smallest absolute Gasteiger partial charge is 0.0603 e. The summed E-state index contributed by atoms with van der Waals surface area (Å²) < 4.78 is 0. The van der Waals surface area contributed by atoms with Crippen LogP contribution in [-0.4, -0.2) is 11.8 Å². The fraction of sp³-hybridized carbons (Fsp3) is 0.500. The van der Waals surface area contributed by atoms with Crippen molar-refractivity contribution in [3.63, 3.8) is 0 Å². The zero-order valence-electron chi connectivity index (χ0n) is 9.54. The van der Waals surface area contributed by atoms with Crippen LogP contribution in [0.5, 0.6) is 0 Å². The van der Waals surface area contributed by atoms with E-state index < -0.39 is 0 Å². The average molecular weight is 278 g/mol. The summed E-state index contributed by atoms with van der Waals surface area (Å²) in [5, 5.41) is 1.20. The zero-order chi connectivity index (χ0) is 12.1. The molecule has 4 heteroatoms. The van der Waals surface area contributed by atoms with Gasteiger partial charge < -0.3 is 5.73 Å². The van der Waals surface area contributed by atoms with Gasteiger partial charge in [0, 0.05) is 16.7 Å². The molecule has 2 N–H and O–H groups in total. The number of nitrogens with two attached hydrogens (primary N) is 1. The molecular weight excluding hydrogens is 261 g/mol. The van der Waals surface area contributed by atoms with Crippen LogP contribution in [-0.2, 0) is 0 Å². The molecule has 0 fully saturated rings. The summed E-state index contributed by atoms with van der Waals surface area (Å²) in [6, 6.07) is 5.91. The van der Waals surface area contributed by atoms with Crippen LogP contribution < -0.4 is 5.73 Å². The Kier molecular flexibility index (Phi) is 5.98. The molecule has 0 aromatic heterocycles. The van der Waals surface area contributed by atoms with Crippen molar-refractivity contribution in [2.24, 2.45) is 11.7 Å². The summed E-state index contributed by atoms with van der Waals surface area (Å²) in [7, 11) is 0. The van der Waals surface area contributed by atoms with E-state index in [4.69, 9.17) is 28.9 Å². The SMILES string of the molecule is CCC(C)C(N)CSc1ccc(Cl)c(Cl)c1. The normalized spacial score (nSPS) is 14.8. The summed E-state index contributed by atoms with van der Waals surface area (Å²) >= 11 is 13.5. The molecule has 0 bridgehead atoms. The molecule has 0 aliphatic heterocycles. The summed E-state index contributed by atoms with van der Waals surface area (Å²) in [6.45, 7) is 4.34. The molecule has 2 unspecified atom stereocenters. The molecule has 1 rings (SSSR count). The van der Waals surface area contributed by atoms with Gasteiger partial charge in [-0.3, -0.25) is 0 Å². The lowest BCUT2D eigenvalue weighted by molar-refractivity contribution is 0.475. The summed E-state index contributed by atoms with van der Waals surface area (Å²) in [6.07, 6.45) is 1.11. The first kappa shape index (κ1) is 14.2. The summed E-state index contributed by atoms with van der Waals surface area (Å²) in [4.78, 5) is 1.12. The Labute approximate surface area is 112 Å². The van der Waals surface area contributed by atoms with Gasteiger partial charge >= 0.3 is 0 Å². The number of halogens is 2. The predicted octanol–water partition coefficient (Wildman–Crippen LogP) is 4.46. The summed E-state index contributed by atoms with van der Waals surface area (Å²) in [5.41, 5.74) is 6.06. The Morgan fingerprint density at radius 3 is 2.56 bits per heavy atom. The lowest BCUT2D eigenvalue weighted by Gasteiger charge is -2.17. The van der Waals surface area contributed by atoms with Crippen LogP contribution in [0, 0.1) is 5.92 Å². The van der Waals surface area contributed by atoms with Crippen LogP contribution in [0.1, 0.15) is 20.3 Å². The van der Waals surface area contributed by atoms with Gasteiger partial charge in [0.05, 0.1) is 10.0 Å². The van der Waals surface area contributed by atoms with Crippen molar-refractivity contribution >= 4 is 35.0 Å².